The maximum Gasteiger partial charge on any atom is 0.328 e. The SMILES string of the molecule is CCN(C(=O)NC(=N)N)c1ccccc1C(C)(C)C. The standard InChI is InChI=1S/C14H22N4O/c1-5-18(13(19)17-12(15)16)11-9-7-6-8-10(11)14(2,3)4/h6-9H,5H2,1-4H3,(H4,15,16,17,19). The molecule has 0 spiro atoms. The van der Waals surface area contributed by atoms with E-state index in [0.29, 0.717) is 6.54 Å². The van der Waals surface area contributed by atoms with E-state index in [0.717, 1.165) is 11.3 Å². The van der Waals surface area contributed by atoms with Crippen LogP contribution in [0.15, 0.2) is 24.3 Å². The van der Waals surface area contributed by atoms with E-state index >= 15 is 0 Å². The summed E-state index contributed by atoms with van der Waals surface area (Å²) in [7, 11) is 0. The molecule has 5 heteroatoms. The molecular formula is C14H22N4O. The average Bonchev–Trinajstić information content (AvgIpc) is 2.28. The van der Waals surface area contributed by atoms with E-state index in [1.165, 1.54) is 0 Å². The number of hydrogen-bond acceptors (Lipinski definition) is 2. The maximum atomic E-state index is 12.1. The van der Waals surface area contributed by atoms with Crippen molar-refractivity contribution in [2.24, 2.45) is 5.73 Å². The average molecular weight is 262 g/mol. The maximum absolute atomic E-state index is 12.1. The highest BCUT2D eigenvalue weighted by atomic mass is 16.2. The van der Waals surface area contributed by atoms with Crippen molar-refractivity contribution < 1.29 is 4.79 Å². The molecule has 0 aliphatic rings. The third kappa shape index (κ3) is 3.71. The molecule has 0 aliphatic carbocycles. The molecule has 0 fully saturated rings. The summed E-state index contributed by atoms with van der Waals surface area (Å²) in [6.07, 6.45) is 0. The van der Waals surface area contributed by atoms with Gasteiger partial charge in [0.05, 0.1) is 0 Å². The molecule has 19 heavy (non-hydrogen) atoms. The van der Waals surface area contributed by atoms with Crippen LogP contribution in [0.1, 0.15) is 33.3 Å². The Morgan fingerprint density at radius 2 is 1.95 bits per heavy atom. The Balaban J connectivity index is 3.19. The molecule has 0 aliphatic heterocycles. The van der Waals surface area contributed by atoms with E-state index in [1.54, 1.807) is 4.90 Å². The quantitative estimate of drug-likeness (QED) is 0.565. The number of carbonyl (C=O) groups excluding carboxylic acids is 1. The molecule has 4 N–H and O–H groups in total. The van der Waals surface area contributed by atoms with Gasteiger partial charge in [-0.25, -0.2) is 4.79 Å². The first-order valence-corrected chi connectivity index (χ1v) is 6.29. The van der Waals surface area contributed by atoms with E-state index in [1.807, 2.05) is 31.2 Å². The number of carbonyl (C=O) groups is 1. The minimum absolute atomic E-state index is 0.0689. The van der Waals surface area contributed by atoms with Gasteiger partial charge in [0.25, 0.3) is 0 Å². The first kappa shape index (κ1) is 15.0. The van der Waals surface area contributed by atoms with Crippen molar-refractivity contribution in [2.75, 3.05) is 11.4 Å². The smallest absolute Gasteiger partial charge is 0.328 e. The van der Waals surface area contributed by atoms with Crippen molar-refractivity contribution in [1.82, 2.24) is 5.32 Å². The monoisotopic (exact) mass is 262 g/mol. The van der Waals surface area contributed by atoms with Crippen LogP contribution < -0.4 is 16.0 Å². The van der Waals surface area contributed by atoms with Crippen LogP contribution in [-0.2, 0) is 5.41 Å². The molecule has 1 rings (SSSR count). The van der Waals surface area contributed by atoms with Gasteiger partial charge in [-0.1, -0.05) is 39.0 Å². The van der Waals surface area contributed by atoms with E-state index in [2.05, 4.69) is 26.1 Å². The fourth-order valence-electron chi connectivity index (χ4n) is 1.95. The minimum Gasteiger partial charge on any atom is -0.370 e. The number of benzene rings is 1. The predicted octanol–water partition coefficient (Wildman–Crippen LogP) is 2.41. The first-order valence-electron chi connectivity index (χ1n) is 6.29. The van der Waals surface area contributed by atoms with Gasteiger partial charge >= 0.3 is 6.03 Å². The largest absolute Gasteiger partial charge is 0.370 e. The van der Waals surface area contributed by atoms with Crippen LogP contribution in [0.25, 0.3) is 0 Å². The lowest BCUT2D eigenvalue weighted by molar-refractivity contribution is 0.250. The summed E-state index contributed by atoms with van der Waals surface area (Å²) in [4.78, 5) is 13.6. The van der Waals surface area contributed by atoms with E-state index in [-0.39, 0.29) is 17.4 Å². The van der Waals surface area contributed by atoms with Gasteiger partial charge in [0.1, 0.15) is 0 Å². The van der Waals surface area contributed by atoms with Gasteiger partial charge < -0.3 is 5.73 Å². The van der Waals surface area contributed by atoms with Gasteiger partial charge in [0.15, 0.2) is 5.96 Å². The Kier molecular flexibility index (Phi) is 4.53. The molecule has 1 aromatic rings. The zero-order valence-corrected chi connectivity index (χ0v) is 11.9. The van der Waals surface area contributed by atoms with Crippen molar-refractivity contribution in [3.8, 4) is 0 Å². The van der Waals surface area contributed by atoms with E-state index < -0.39 is 0 Å². The predicted molar refractivity (Wildman–Crippen MR) is 78.6 cm³/mol. The molecule has 0 unspecified atom stereocenters. The molecule has 5 nitrogen and oxygen atoms in total. The van der Waals surface area contributed by atoms with Crippen molar-refractivity contribution >= 4 is 17.7 Å². The zero-order chi connectivity index (χ0) is 14.6. The Labute approximate surface area is 114 Å². The second-order valence-corrected chi connectivity index (χ2v) is 5.36. The van der Waals surface area contributed by atoms with Crippen LogP contribution in [0.3, 0.4) is 0 Å². The topological polar surface area (TPSA) is 82.2 Å². The second kappa shape index (κ2) is 5.73. The van der Waals surface area contributed by atoms with Gasteiger partial charge in [-0.2, -0.15) is 0 Å². The van der Waals surface area contributed by atoms with Crippen LogP contribution in [-0.4, -0.2) is 18.5 Å². The molecule has 1 aromatic carbocycles. The fraction of sp³-hybridized carbons (Fsp3) is 0.429. The first-order chi connectivity index (χ1) is 8.77. The number of rotatable bonds is 2. The Bertz CT molecular complexity index is 477. The number of urea groups is 1. The van der Waals surface area contributed by atoms with E-state index in [4.69, 9.17) is 11.1 Å². The number of anilines is 1. The molecule has 104 valence electrons. The van der Waals surface area contributed by atoms with Crippen LogP contribution in [0, 0.1) is 5.41 Å². The lowest BCUT2D eigenvalue weighted by Crippen LogP contribution is -2.46. The van der Waals surface area contributed by atoms with Crippen molar-refractivity contribution in [1.29, 1.82) is 5.41 Å². The summed E-state index contributed by atoms with van der Waals surface area (Å²) in [6.45, 7) is 8.69. The van der Waals surface area contributed by atoms with Gasteiger partial charge in [-0.15, -0.1) is 0 Å². The van der Waals surface area contributed by atoms with Crippen LogP contribution >= 0.6 is 0 Å². The van der Waals surface area contributed by atoms with Gasteiger partial charge in [-0.05, 0) is 24.0 Å². The summed E-state index contributed by atoms with van der Waals surface area (Å²) in [5.41, 5.74) is 7.07. The number of para-hydroxylation sites is 1. The Hall–Kier alpha value is -2.04. The van der Waals surface area contributed by atoms with E-state index in [9.17, 15) is 4.79 Å². The molecule has 0 aromatic heterocycles. The lowest BCUT2D eigenvalue weighted by atomic mass is 9.85. The summed E-state index contributed by atoms with van der Waals surface area (Å²) >= 11 is 0. The molecule has 2 amide bonds. The van der Waals surface area contributed by atoms with Crippen LogP contribution in [0.5, 0.6) is 0 Å². The van der Waals surface area contributed by atoms with Crippen LogP contribution in [0.4, 0.5) is 10.5 Å². The molecular weight excluding hydrogens is 240 g/mol. The van der Waals surface area contributed by atoms with Crippen LogP contribution in [0.2, 0.25) is 0 Å². The van der Waals surface area contributed by atoms with Gasteiger partial charge in [-0.3, -0.25) is 15.6 Å². The highest BCUT2D eigenvalue weighted by molar-refractivity contribution is 6.02. The summed E-state index contributed by atoms with van der Waals surface area (Å²) in [6, 6.07) is 7.39. The minimum atomic E-state index is -0.383. The molecule has 0 bridgehead atoms. The number of hydrogen-bond donors (Lipinski definition) is 3. The number of nitrogens with one attached hydrogen (secondary N) is 2. The molecule has 0 atom stereocenters. The third-order valence-electron chi connectivity index (χ3n) is 2.81. The number of nitrogens with two attached hydrogens (primary N) is 1. The summed E-state index contributed by atoms with van der Waals surface area (Å²) in [5.74, 6) is -0.350. The van der Waals surface area contributed by atoms with Gasteiger partial charge in [0.2, 0.25) is 0 Å². The molecule has 0 saturated heterocycles. The highest BCUT2D eigenvalue weighted by Crippen LogP contribution is 2.31. The number of guanidine groups is 1. The normalized spacial score (nSPS) is 10.9. The lowest BCUT2D eigenvalue weighted by Gasteiger charge is -2.29. The summed E-state index contributed by atoms with van der Waals surface area (Å²) < 4.78 is 0. The van der Waals surface area contributed by atoms with Crippen molar-refractivity contribution in [3.05, 3.63) is 29.8 Å². The number of nitrogens with zero attached hydrogens (tertiary/aromatic N) is 1. The number of amides is 2. The summed E-state index contributed by atoms with van der Waals surface area (Å²) in [5, 5.41) is 9.47. The molecule has 0 radical (unpaired) electrons. The van der Waals surface area contributed by atoms with Crippen molar-refractivity contribution in [2.45, 2.75) is 33.1 Å². The zero-order valence-electron chi connectivity index (χ0n) is 11.9. The Morgan fingerprint density at radius 3 is 2.42 bits per heavy atom. The van der Waals surface area contributed by atoms with Crippen molar-refractivity contribution in [3.63, 3.8) is 0 Å². The van der Waals surface area contributed by atoms with Gasteiger partial charge in [0, 0.05) is 12.2 Å². The Morgan fingerprint density at radius 1 is 1.37 bits per heavy atom. The highest BCUT2D eigenvalue weighted by Gasteiger charge is 2.23. The molecule has 0 heterocycles. The second-order valence-electron chi connectivity index (χ2n) is 5.36. The third-order valence-corrected chi connectivity index (χ3v) is 2.81. The molecule has 0 saturated carbocycles. The fourth-order valence-corrected chi connectivity index (χ4v) is 1.95.